The van der Waals surface area contributed by atoms with Gasteiger partial charge in [0.15, 0.2) is 0 Å². The summed E-state index contributed by atoms with van der Waals surface area (Å²) in [5, 5.41) is 9.33. The average Bonchev–Trinajstić information content (AvgIpc) is 2.59. The number of aromatic hydroxyl groups is 1. The molecule has 1 saturated heterocycles. The van der Waals surface area contributed by atoms with E-state index in [9.17, 15) is 14.7 Å². The summed E-state index contributed by atoms with van der Waals surface area (Å²) in [6.45, 7) is 4.55. The highest BCUT2D eigenvalue weighted by Crippen LogP contribution is 2.21. The van der Waals surface area contributed by atoms with Crippen LogP contribution in [0, 0.1) is 6.92 Å². The van der Waals surface area contributed by atoms with Crippen molar-refractivity contribution in [3.05, 3.63) is 59.7 Å². The van der Waals surface area contributed by atoms with Gasteiger partial charge in [-0.25, -0.2) is 0 Å². The Bertz CT molecular complexity index is 769. The lowest BCUT2D eigenvalue weighted by atomic mass is 10.1. The molecule has 2 amide bonds. The maximum atomic E-state index is 12.6. The minimum Gasteiger partial charge on any atom is -0.508 e. The summed E-state index contributed by atoms with van der Waals surface area (Å²) in [4.78, 5) is 28.5. The van der Waals surface area contributed by atoms with Gasteiger partial charge in [0.1, 0.15) is 12.3 Å². The van der Waals surface area contributed by atoms with Crippen molar-refractivity contribution in [2.24, 2.45) is 0 Å². The Morgan fingerprint density at radius 3 is 2.40 bits per heavy atom. The number of piperazine rings is 1. The number of hydrogen-bond donors (Lipinski definition) is 1. The molecule has 5 heteroatoms. The van der Waals surface area contributed by atoms with Crippen LogP contribution in [0.2, 0.25) is 0 Å². The molecule has 0 aromatic heterocycles. The molecule has 3 rings (SSSR count). The molecule has 5 nitrogen and oxygen atoms in total. The number of anilines is 1. The first-order valence-corrected chi connectivity index (χ1v) is 8.38. The summed E-state index contributed by atoms with van der Waals surface area (Å²) < 4.78 is 0. The van der Waals surface area contributed by atoms with E-state index in [-0.39, 0.29) is 36.6 Å². The van der Waals surface area contributed by atoms with Gasteiger partial charge in [0.25, 0.3) is 0 Å². The molecule has 0 radical (unpaired) electrons. The standard InChI is InChI=1S/C20H22N2O3/c1-14-3-7-17(8-4-14)22-12-15(2)21(13-20(22)25)19(24)11-16-5-9-18(23)10-6-16/h3-10,15,23H,11-13H2,1-2H3/t15-/m0/s1. The van der Waals surface area contributed by atoms with E-state index in [4.69, 9.17) is 0 Å². The summed E-state index contributed by atoms with van der Waals surface area (Å²) in [6.07, 6.45) is 0.225. The van der Waals surface area contributed by atoms with Crippen LogP contribution >= 0.6 is 0 Å². The van der Waals surface area contributed by atoms with Crippen molar-refractivity contribution in [2.75, 3.05) is 18.0 Å². The van der Waals surface area contributed by atoms with Gasteiger partial charge < -0.3 is 14.9 Å². The molecule has 2 aromatic rings. The van der Waals surface area contributed by atoms with E-state index in [1.807, 2.05) is 38.1 Å². The highest BCUT2D eigenvalue weighted by atomic mass is 16.3. The Morgan fingerprint density at radius 2 is 1.76 bits per heavy atom. The third-order valence-electron chi connectivity index (χ3n) is 4.54. The van der Waals surface area contributed by atoms with Crippen molar-refractivity contribution >= 4 is 17.5 Å². The van der Waals surface area contributed by atoms with Crippen LogP contribution in [0.4, 0.5) is 5.69 Å². The monoisotopic (exact) mass is 338 g/mol. The summed E-state index contributed by atoms with van der Waals surface area (Å²) in [5.74, 6) is 0.0302. The number of benzene rings is 2. The van der Waals surface area contributed by atoms with E-state index in [1.165, 1.54) is 0 Å². The number of nitrogens with zero attached hydrogens (tertiary/aromatic N) is 2. The molecule has 25 heavy (non-hydrogen) atoms. The zero-order valence-corrected chi connectivity index (χ0v) is 14.5. The smallest absolute Gasteiger partial charge is 0.246 e. The Labute approximate surface area is 147 Å². The lowest BCUT2D eigenvalue weighted by Gasteiger charge is -2.39. The van der Waals surface area contributed by atoms with Gasteiger partial charge in [0.2, 0.25) is 11.8 Å². The molecule has 0 unspecified atom stereocenters. The van der Waals surface area contributed by atoms with Crippen LogP contribution in [0.3, 0.4) is 0 Å². The highest BCUT2D eigenvalue weighted by Gasteiger charge is 2.33. The predicted molar refractivity (Wildman–Crippen MR) is 96.5 cm³/mol. The largest absolute Gasteiger partial charge is 0.508 e. The fraction of sp³-hybridized carbons (Fsp3) is 0.300. The van der Waals surface area contributed by atoms with Gasteiger partial charge in [-0.05, 0) is 43.7 Å². The van der Waals surface area contributed by atoms with Crippen LogP contribution in [-0.2, 0) is 16.0 Å². The summed E-state index contributed by atoms with van der Waals surface area (Å²) >= 11 is 0. The third-order valence-corrected chi connectivity index (χ3v) is 4.54. The quantitative estimate of drug-likeness (QED) is 0.935. The van der Waals surface area contributed by atoms with E-state index in [0.717, 1.165) is 16.8 Å². The van der Waals surface area contributed by atoms with Crippen molar-refractivity contribution in [1.82, 2.24) is 4.90 Å². The van der Waals surface area contributed by atoms with Crippen molar-refractivity contribution in [2.45, 2.75) is 26.3 Å². The summed E-state index contributed by atoms with van der Waals surface area (Å²) in [5.41, 5.74) is 2.84. The Kier molecular flexibility index (Phi) is 4.74. The molecule has 2 aromatic carbocycles. The molecular weight excluding hydrogens is 316 g/mol. The predicted octanol–water partition coefficient (Wildman–Crippen LogP) is 2.51. The van der Waals surface area contributed by atoms with Crippen molar-refractivity contribution in [3.63, 3.8) is 0 Å². The van der Waals surface area contributed by atoms with Gasteiger partial charge in [-0.15, -0.1) is 0 Å². The molecule has 130 valence electrons. The van der Waals surface area contributed by atoms with Crippen LogP contribution in [0.5, 0.6) is 5.75 Å². The molecule has 0 aliphatic carbocycles. The minimum atomic E-state index is -0.0740. The molecule has 0 saturated carbocycles. The van der Waals surface area contributed by atoms with E-state index in [1.54, 1.807) is 34.1 Å². The summed E-state index contributed by atoms with van der Waals surface area (Å²) in [6, 6.07) is 14.4. The van der Waals surface area contributed by atoms with Crippen LogP contribution in [-0.4, -0.2) is 41.0 Å². The topological polar surface area (TPSA) is 60.9 Å². The zero-order chi connectivity index (χ0) is 18.0. The highest BCUT2D eigenvalue weighted by molar-refractivity contribution is 5.98. The van der Waals surface area contributed by atoms with Crippen LogP contribution < -0.4 is 4.90 Å². The zero-order valence-electron chi connectivity index (χ0n) is 14.5. The molecule has 1 N–H and O–H groups in total. The molecule has 0 spiro atoms. The number of rotatable bonds is 3. The fourth-order valence-corrected chi connectivity index (χ4v) is 3.05. The second-order valence-corrected chi connectivity index (χ2v) is 6.55. The van der Waals surface area contributed by atoms with Gasteiger partial charge in [0, 0.05) is 18.3 Å². The van der Waals surface area contributed by atoms with Crippen molar-refractivity contribution in [1.29, 1.82) is 0 Å². The van der Waals surface area contributed by atoms with E-state index >= 15 is 0 Å². The third kappa shape index (κ3) is 3.82. The molecule has 1 atom stereocenters. The molecule has 1 aliphatic heterocycles. The lowest BCUT2D eigenvalue weighted by Crippen LogP contribution is -2.57. The second-order valence-electron chi connectivity index (χ2n) is 6.55. The maximum Gasteiger partial charge on any atom is 0.246 e. The van der Waals surface area contributed by atoms with Gasteiger partial charge in [-0.3, -0.25) is 9.59 Å². The van der Waals surface area contributed by atoms with Crippen LogP contribution in [0.1, 0.15) is 18.1 Å². The molecule has 1 aliphatic rings. The van der Waals surface area contributed by atoms with Gasteiger partial charge in [0.05, 0.1) is 6.42 Å². The lowest BCUT2D eigenvalue weighted by molar-refractivity contribution is -0.138. The number of hydrogen-bond acceptors (Lipinski definition) is 3. The van der Waals surface area contributed by atoms with Crippen LogP contribution in [0.25, 0.3) is 0 Å². The first-order valence-electron chi connectivity index (χ1n) is 8.38. The Balaban J connectivity index is 1.69. The van der Waals surface area contributed by atoms with Gasteiger partial charge in [-0.1, -0.05) is 29.8 Å². The number of phenols is 1. The van der Waals surface area contributed by atoms with Gasteiger partial charge >= 0.3 is 0 Å². The minimum absolute atomic E-state index is 0.0522. The SMILES string of the molecule is Cc1ccc(N2C[C@H](C)N(C(=O)Cc3ccc(O)cc3)CC2=O)cc1. The maximum absolute atomic E-state index is 12.6. The van der Waals surface area contributed by atoms with Crippen LogP contribution in [0.15, 0.2) is 48.5 Å². The van der Waals surface area contributed by atoms with E-state index in [0.29, 0.717) is 6.54 Å². The number of carbonyl (C=O) groups excluding carboxylic acids is 2. The first-order chi connectivity index (χ1) is 11.9. The number of aryl methyl sites for hydroxylation is 1. The molecule has 1 heterocycles. The number of amides is 2. The normalized spacial score (nSPS) is 17.7. The molecule has 1 fully saturated rings. The number of phenolic OH excluding ortho intramolecular Hbond substituents is 1. The molecule has 0 bridgehead atoms. The van der Waals surface area contributed by atoms with E-state index in [2.05, 4.69) is 0 Å². The first kappa shape index (κ1) is 17.0. The van der Waals surface area contributed by atoms with E-state index < -0.39 is 0 Å². The summed E-state index contributed by atoms with van der Waals surface area (Å²) in [7, 11) is 0. The van der Waals surface area contributed by atoms with Crippen molar-refractivity contribution < 1.29 is 14.7 Å². The molecular formula is C20H22N2O3. The average molecular weight is 338 g/mol. The number of carbonyl (C=O) groups is 2. The van der Waals surface area contributed by atoms with Gasteiger partial charge in [-0.2, -0.15) is 0 Å². The van der Waals surface area contributed by atoms with Crippen molar-refractivity contribution in [3.8, 4) is 5.75 Å². The second kappa shape index (κ2) is 6.97. The Morgan fingerprint density at radius 1 is 1.12 bits per heavy atom. The fourth-order valence-electron chi connectivity index (χ4n) is 3.05. The Hall–Kier alpha value is -2.82.